The molecule has 0 aromatic heterocycles. The maximum absolute atomic E-state index is 12.9. The zero-order valence-corrected chi connectivity index (χ0v) is 18.2. The smallest absolute Gasteiger partial charge is 0.416 e. The predicted octanol–water partition coefficient (Wildman–Crippen LogP) is 5.32. The molecule has 0 radical (unpaired) electrons. The number of halogens is 3. The van der Waals surface area contributed by atoms with Gasteiger partial charge in [0, 0.05) is 5.69 Å². The number of ether oxygens (including phenoxy) is 1. The lowest BCUT2D eigenvalue weighted by atomic mass is 10.1. The van der Waals surface area contributed by atoms with Gasteiger partial charge in [-0.3, -0.25) is 4.18 Å². The Morgan fingerprint density at radius 1 is 0.939 bits per heavy atom. The van der Waals surface area contributed by atoms with Crippen LogP contribution in [0.5, 0.6) is 0 Å². The molecule has 0 bridgehead atoms. The molecule has 3 aromatic rings. The van der Waals surface area contributed by atoms with Crippen LogP contribution in [0, 0.1) is 6.92 Å². The van der Waals surface area contributed by atoms with Crippen LogP contribution in [0.2, 0.25) is 0 Å². The van der Waals surface area contributed by atoms with Crippen molar-refractivity contribution < 1.29 is 35.3 Å². The largest absolute Gasteiger partial charge is 0.460 e. The quantitative estimate of drug-likeness (QED) is 0.268. The number of rotatable bonds is 8. The van der Waals surface area contributed by atoms with E-state index in [0.717, 1.165) is 17.7 Å². The lowest BCUT2D eigenvalue weighted by Gasteiger charge is -2.13. The fourth-order valence-electron chi connectivity index (χ4n) is 2.83. The SMILES string of the molecule is Cc1ccc(S(=O)(=O)OCCOC(=O)c2ccccc2Nc2cccc(C(F)(F)F)c2)cc1. The maximum atomic E-state index is 12.9. The molecule has 0 aliphatic carbocycles. The standard InChI is InChI=1S/C23H20F3NO5S/c1-16-9-11-19(12-10-16)33(29,30)32-14-13-31-22(28)20-7-2-3-8-21(20)27-18-6-4-5-17(15-18)23(24,25)26/h2-12,15,27H,13-14H2,1H3. The Kier molecular flexibility index (Phi) is 7.39. The molecule has 0 aliphatic heterocycles. The lowest BCUT2D eigenvalue weighted by molar-refractivity contribution is -0.137. The highest BCUT2D eigenvalue weighted by Crippen LogP contribution is 2.32. The minimum atomic E-state index is -4.50. The number of carbonyl (C=O) groups excluding carboxylic acids is 1. The number of hydrogen-bond donors (Lipinski definition) is 1. The lowest BCUT2D eigenvalue weighted by Crippen LogP contribution is -2.15. The van der Waals surface area contributed by atoms with Crippen LogP contribution in [-0.4, -0.2) is 27.6 Å². The summed E-state index contributed by atoms with van der Waals surface area (Å²) in [6.45, 7) is 1.07. The van der Waals surface area contributed by atoms with Gasteiger partial charge in [-0.25, -0.2) is 4.79 Å². The molecule has 0 heterocycles. The molecule has 3 rings (SSSR count). The number of alkyl halides is 3. The van der Waals surface area contributed by atoms with Gasteiger partial charge in [-0.2, -0.15) is 21.6 Å². The zero-order valence-electron chi connectivity index (χ0n) is 17.4. The van der Waals surface area contributed by atoms with Gasteiger partial charge in [-0.1, -0.05) is 35.9 Å². The first-order valence-electron chi connectivity index (χ1n) is 9.73. The molecule has 0 spiro atoms. The van der Waals surface area contributed by atoms with E-state index in [4.69, 9.17) is 8.92 Å². The van der Waals surface area contributed by atoms with Crippen molar-refractivity contribution >= 4 is 27.5 Å². The van der Waals surface area contributed by atoms with Gasteiger partial charge in [-0.15, -0.1) is 0 Å². The molecule has 10 heteroatoms. The Bertz CT molecular complexity index is 1230. The summed E-state index contributed by atoms with van der Waals surface area (Å²) in [6, 6.07) is 16.7. The van der Waals surface area contributed by atoms with Crippen molar-refractivity contribution in [2.45, 2.75) is 18.0 Å². The van der Waals surface area contributed by atoms with Crippen LogP contribution in [0.25, 0.3) is 0 Å². The van der Waals surface area contributed by atoms with Crippen LogP contribution < -0.4 is 5.32 Å². The average Bonchev–Trinajstić information content (AvgIpc) is 2.77. The Morgan fingerprint density at radius 2 is 1.64 bits per heavy atom. The Hall–Kier alpha value is -3.37. The molecular formula is C23H20F3NO5S. The molecule has 0 saturated heterocycles. The van der Waals surface area contributed by atoms with Crippen LogP contribution in [-0.2, 0) is 25.2 Å². The second-order valence-corrected chi connectivity index (χ2v) is 8.59. The van der Waals surface area contributed by atoms with E-state index in [1.54, 1.807) is 24.3 Å². The molecule has 0 amide bonds. The average molecular weight is 479 g/mol. The number of aryl methyl sites for hydroxylation is 1. The maximum Gasteiger partial charge on any atom is 0.416 e. The van der Waals surface area contributed by atoms with Gasteiger partial charge in [0.1, 0.15) is 13.2 Å². The van der Waals surface area contributed by atoms with Gasteiger partial charge >= 0.3 is 12.1 Å². The molecule has 0 aliphatic rings. The van der Waals surface area contributed by atoms with Crippen molar-refractivity contribution in [1.82, 2.24) is 0 Å². The topological polar surface area (TPSA) is 81.7 Å². The molecule has 0 saturated carbocycles. The van der Waals surface area contributed by atoms with Crippen molar-refractivity contribution in [3.8, 4) is 0 Å². The molecule has 0 atom stereocenters. The van der Waals surface area contributed by atoms with E-state index in [9.17, 15) is 26.4 Å². The van der Waals surface area contributed by atoms with Gasteiger partial charge in [0.15, 0.2) is 0 Å². The van der Waals surface area contributed by atoms with Gasteiger partial charge in [0.2, 0.25) is 0 Å². The van der Waals surface area contributed by atoms with Crippen molar-refractivity contribution in [2.75, 3.05) is 18.5 Å². The first-order valence-corrected chi connectivity index (χ1v) is 11.1. The minimum Gasteiger partial charge on any atom is -0.460 e. The summed E-state index contributed by atoms with van der Waals surface area (Å²) in [4.78, 5) is 12.4. The number of benzene rings is 3. The fourth-order valence-corrected chi connectivity index (χ4v) is 3.72. The summed E-state index contributed by atoms with van der Waals surface area (Å²) in [5.74, 6) is -0.790. The van der Waals surface area contributed by atoms with Gasteiger partial charge < -0.3 is 10.1 Å². The van der Waals surface area contributed by atoms with Crippen molar-refractivity contribution in [1.29, 1.82) is 0 Å². The van der Waals surface area contributed by atoms with Crippen LogP contribution >= 0.6 is 0 Å². The van der Waals surface area contributed by atoms with Crippen molar-refractivity contribution in [2.24, 2.45) is 0 Å². The molecule has 1 N–H and O–H groups in total. The number of nitrogens with one attached hydrogen (secondary N) is 1. The summed E-state index contributed by atoms with van der Waals surface area (Å²) >= 11 is 0. The number of anilines is 2. The Balaban J connectivity index is 1.62. The summed E-state index contributed by atoms with van der Waals surface area (Å²) in [5, 5.41) is 2.78. The van der Waals surface area contributed by atoms with Crippen molar-refractivity contribution in [3.63, 3.8) is 0 Å². The summed E-state index contributed by atoms with van der Waals surface area (Å²) in [6.07, 6.45) is -4.50. The van der Waals surface area contributed by atoms with E-state index >= 15 is 0 Å². The van der Waals surface area contributed by atoms with Crippen molar-refractivity contribution in [3.05, 3.63) is 89.5 Å². The van der Waals surface area contributed by atoms with E-state index in [2.05, 4.69) is 5.32 Å². The summed E-state index contributed by atoms with van der Waals surface area (Å²) < 4.78 is 73.1. The van der Waals surface area contributed by atoms with Gasteiger partial charge in [0.05, 0.1) is 21.7 Å². The number of esters is 1. The monoisotopic (exact) mass is 479 g/mol. The predicted molar refractivity (Wildman–Crippen MR) is 116 cm³/mol. The Morgan fingerprint density at radius 3 is 2.33 bits per heavy atom. The third kappa shape index (κ3) is 6.56. The van der Waals surface area contributed by atoms with Gasteiger partial charge in [0.25, 0.3) is 10.1 Å². The molecule has 0 fully saturated rings. The highest BCUT2D eigenvalue weighted by molar-refractivity contribution is 7.86. The number of hydrogen-bond acceptors (Lipinski definition) is 6. The molecule has 6 nitrogen and oxygen atoms in total. The Labute approximate surface area is 189 Å². The van der Waals surface area contributed by atoms with Crippen LogP contribution in [0.15, 0.2) is 77.7 Å². The van der Waals surface area contributed by atoms with Crippen LogP contribution in [0.4, 0.5) is 24.5 Å². The fraction of sp³-hybridized carbons (Fsp3) is 0.174. The third-order valence-corrected chi connectivity index (χ3v) is 5.81. The second-order valence-electron chi connectivity index (χ2n) is 6.97. The first kappa shape index (κ1) is 24.3. The second kappa shape index (κ2) is 10.1. The molecule has 0 unspecified atom stereocenters. The molecular weight excluding hydrogens is 459 g/mol. The molecule has 174 valence electrons. The molecule has 33 heavy (non-hydrogen) atoms. The summed E-state index contributed by atoms with van der Waals surface area (Å²) in [5.41, 5.74) is 0.490. The highest BCUT2D eigenvalue weighted by Gasteiger charge is 2.30. The highest BCUT2D eigenvalue weighted by atomic mass is 32.2. The van der Waals surface area contributed by atoms with Crippen LogP contribution in [0.1, 0.15) is 21.5 Å². The minimum absolute atomic E-state index is 0.0185. The normalized spacial score (nSPS) is 11.8. The first-order chi connectivity index (χ1) is 15.6. The van der Waals surface area contributed by atoms with E-state index in [1.807, 2.05) is 6.92 Å². The molecule has 3 aromatic carbocycles. The zero-order chi connectivity index (χ0) is 24.1. The number of carbonyl (C=O) groups is 1. The summed E-state index contributed by atoms with van der Waals surface area (Å²) in [7, 11) is -4.00. The van der Waals surface area contributed by atoms with E-state index in [-0.39, 0.29) is 28.4 Å². The van der Waals surface area contributed by atoms with Crippen LogP contribution in [0.3, 0.4) is 0 Å². The number of para-hydroxylation sites is 1. The van der Waals surface area contributed by atoms with E-state index < -0.39 is 34.4 Å². The van der Waals surface area contributed by atoms with E-state index in [0.29, 0.717) is 0 Å². The van der Waals surface area contributed by atoms with E-state index in [1.165, 1.54) is 36.4 Å². The third-order valence-electron chi connectivity index (χ3n) is 4.48. The van der Waals surface area contributed by atoms with Gasteiger partial charge in [-0.05, 0) is 49.4 Å².